The zero-order chi connectivity index (χ0) is 12.3. The Labute approximate surface area is 103 Å². The molecule has 0 heterocycles. The van der Waals surface area contributed by atoms with Crippen LogP contribution in [0.25, 0.3) is 0 Å². The maximum atomic E-state index is 11.8. The first kappa shape index (κ1) is 13.3. The van der Waals surface area contributed by atoms with Crippen LogP contribution in [0, 0.1) is 0 Å². The number of carbonyl (C=O) groups excluding carboxylic acids is 1. The van der Waals surface area contributed by atoms with Crippen LogP contribution in [0.2, 0.25) is 0 Å². The number of benzene rings is 1. The molecule has 16 heavy (non-hydrogen) atoms. The molecular weight excluding hydrogens is 294 g/mol. The molecule has 0 aliphatic carbocycles. The molecular formula is C10H12BrNO3S. The molecule has 0 fully saturated rings. The van der Waals surface area contributed by atoms with Gasteiger partial charge in [-0.25, -0.2) is 13.1 Å². The van der Waals surface area contributed by atoms with Gasteiger partial charge in [0.2, 0.25) is 10.0 Å². The smallest absolute Gasteiger partial charge is 0.241 e. The third kappa shape index (κ3) is 3.40. The van der Waals surface area contributed by atoms with E-state index in [2.05, 4.69) is 20.7 Å². The van der Waals surface area contributed by atoms with Gasteiger partial charge in [0.1, 0.15) is 5.78 Å². The van der Waals surface area contributed by atoms with Crippen molar-refractivity contribution < 1.29 is 13.2 Å². The Hall–Kier alpha value is -0.720. The number of rotatable bonds is 4. The van der Waals surface area contributed by atoms with Crippen LogP contribution in [0.3, 0.4) is 0 Å². The van der Waals surface area contributed by atoms with E-state index in [1.54, 1.807) is 12.1 Å². The Balaban J connectivity index is 2.94. The summed E-state index contributed by atoms with van der Waals surface area (Å²) >= 11 is 3.22. The molecule has 1 atom stereocenters. The summed E-state index contributed by atoms with van der Waals surface area (Å²) in [5.74, 6) is -0.222. The molecule has 0 amide bonds. The van der Waals surface area contributed by atoms with Gasteiger partial charge in [0, 0.05) is 4.47 Å². The third-order valence-corrected chi connectivity index (χ3v) is 4.15. The summed E-state index contributed by atoms with van der Waals surface area (Å²) in [6.45, 7) is 2.85. The van der Waals surface area contributed by atoms with E-state index in [1.165, 1.54) is 26.0 Å². The van der Waals surface area contributed by atoms with Crippen LogP contribution in [0.5, 0.6) is 0 Å². The van der Waals surface area contributed by atoms with Gasteiger partial charge in [-0.1, -0.05) is 15.9 Å². The van der Waals surface area contributed by atoms with Crippen LogP contribution < -0.4 is 4.72 Å². The molecule has 0 aliphatic heterocycles. The van der Waals surface area contributed by atoms with Crippen molar-refractivity contribution in [2.24, 2.45) is 0 Å². The van der Waals surface area contributed by atoms with Gasteiger partial charge in [0.25, 0.3) is 0 Å². The standard InChI is InChI=1S/C10H12BrNO3S/c1-7(8(2)13)12-16(14,15)10-5-3-9(11)4-6-10/h3-7,12H,1-2H3. The largest absolute Gasteiger partial charge is 0.298 e. The molecule has 0 radical (unpaired) electrons. The number of carbonyl (C=O) groups is 1. The summed E-state index contributed by atoms with van der Waals surface area (Å²) in [4.78, 5) is 11.1. The summed E-state index contributed by atoms with van der Waals surface area (Å²) in [5.41, 5.74) is 0. The van der Waals surface area contributed by atoms with Crippen molar-refractivity contribution in [2.45, 2.75) is 24.8 Å². The van der Waals surface area contributed by atoms with Gasteiger partial charge in [-0.2, -0.15) is 0 Å². The number of Topliss-reactive ketones (excluding diaryl/α,β-unsaturated/α-hetero) is 1. The van der Waals surface area contributed by atoms with E-state index in [0.717, 1.165) is 4.47 Å². The first-order valence-corrected chi connectivity index (χ1v) is 6.89. The highest BCUT2D eigenvalue weighted by Gasteiger charge is 2.19. The Kier molecular flexibility index (Phi) is 4.23. The van der Waals surface area contributed by atoms with Crippen molar-refractivity contribution in [3.05, 3.63) is 28.7 Å². The van der Waals surface area contributed by atoms with Gasteiger partial charge in [-0.05, 0) is 38.1 Å². The van der Waals surface area contributed by atoms with Crippen molar-refractivity contribution in [2.75, 3.05) is 0 Å². The lowest BCUT2D eigenvalue weighted by atomic mass is 10.3. The zero-order valence-corrected chi connectivity index (χ0v) is 11.3. The topological polar surface area (TPSA) is 63.2 Å². The van der Waals surface area contributed by atoms with E-state index in [1.807, 2.05) is 0 Å². The minimum atomic E-state index is -3.61. The van der Waals surface area contributed by atoms with Crippen LogP contribution in [-0.4, -0.2) is 20.2 Å². The molecule has 4 nitrogen and oxygen atoms in total. The Bertz CT molecular complexity index is 481. The maximum absolute atomic E-state index is 11.8. The van der Waals surface area contributed by atoms with Crippen molar-refractivity contribution in [3.8, 4) is 0 Å². The quantitative estimate of drug-likeness (QED) is 0.921. The number of nitrogens with one attached hydrogen (secondary N) is 1. The van der Waals surface area contributed by atoms with Crippen molar-refractivity contribution in [1.82, 2.24) is 4.72 Å². The summed E-state index contributed by atoms with van der Waals surface area (Å²) in [6, 6.07) is 5.49. The van der Waals surface area contributed by atoms with Crippen LogP contribution >= 0.6 is 15.9 Å². The van der Waals surface area contributed by atoms with Gasteiger partial charge < -0.3 is 0 Å². The number of ketones is 1. The number of hydrogen-bond donors (Lipinski definition) is 1. The van der Waals surface area contributed by atoms with Crippen molar-refractivity contribution in [3.63, 3.8) is 0 Å². The van der Waals surface area contributed by atoms with Crippen LogP contribution in [0.1, 0.15) is 13.8 Å². The molecule has 0 spiro atoms. The van der Waals surface area contributed by atoms with Crippen molar-refractivity contribution in [1.29, 1.82) is 0 Å². The predicted octanol–water partition coefficient (Wildman–Crippen LogP) is 1.70. The molecule has 1 unspecified atom stereocenters. The van der Waals surface area contributed by atoms with Crippen LogP contribution in [0.4, 0.5) is 0 Å². The SMILES string of the molecule is CC(=O)C(C)NS(=O)(=O)c1ccc(Br)cc1. The van der Waals surface area contributed by atoms with E-state index in [4.69, 9.17) is 0 Å². The normalized spacial score (nSPS) is 13.4. The second-order valence-electron chi connectivity index (χ2n) is 3.41. The summed E-state index contributed by atoms with van der Waals surface area (Å²) < 4.78 is 26.7. The molecule has 1 aromatic rings. The maximum Gasteiger partial charge on any atom is 0.241 e. The van der Waals surface area contributed by atoms with E-state index < -0.39 is 16.1 Å². The molecule has 6 heteroatoms. The Morgan fingerprint density at radius 1 is 1.31 bits per heavy atom. The molecule has 88 valence electrons. The van der Waals surface area contributed by atoms with Gasteiger partial charge in [0.05, 0.1) is 10.9 Å². The molecule has 0 saturated heterocycles. The fourth-order valence-corrected chi connectivity index (χ4v) is 2.52. The molecule has 1 aromatic carbocycles. The average molecular weight is 306 g/mol. The fourth-order valence-electron chi connectivity index (χ4n) is 0.997. The first-order chi connectivity index (χ1) is 7.33. The van der Waals surface area contributed by atoms with Gasteiger partial charge in [-0.3, -0.25) is 4.79 Å². The predicted molar refractivity (Wildman–Crippen MR) is 64.6 cm³/mol. The highest BCUT2D eigenvalue weighted by molar-refractivity contribution is 9.10. The molecule has 0 aliphatic rings. The molecule has 0 bridgehead atoms. The molecule has 0 aromatic heterocycles. The van der Waals surface area contributed by atoms with Crippen LogP contribution in [-0.2, 0) is 14.8 Å². The lowest BCUT2D eigenvalue weighted by molar-refractivity contribution is -0.118. The highest BCUT2D eigenvalue weighted by Crippen LogP contribution is 2.14. The number of hydrogen-bond acceptors (Lipinski definition) is 3. The Morgan fingerprint density at radius 2 is 1.81 bits per heavy atom. The summed E-state index contributed by atoms with van der Waals surface area (Å²) in [6.07, 6.45) is 0. The van der Waals surface area contributed by atoms with E-state index >= 15 is 0 Å². The van der Waals surface area contributed by atoms with Crippen molar-refractivity contribution >= 4 is 31.7 Å². The van der Waals surface area contributed by atoms with E-state index in [9.17, 15) is 13.2 Å². The lowest BCUT2D eigenvalue weighted by Gasteiger charge is -2.11. The average Bonchev–Trinajstić information content (AvgIpc) is 2.17. The third-order valence-electron chi connectivity index (χ3n) is 2.07. The zero-order valence-electron chi connectivity index (χ0n) is 8.90. The lowest BCUT2D eigenvalue weighted by Crippen LogP contribution is -2.37. The Morgan fingerprint density at radius 3 is 2.25 bits per heavy atom. The van der Waals surface area contributed by atoms with E-state index in [0.29, 0.717) is 0 Å². The first-order valence-electron chi connectivity index (χ1n) is 4.61. The summed E-state index contributed by atoms with van der Waals surface area (Å²) in [7, 11) is -3.61. The number of sulfonamides is 1. The number of halogens is 1. The molecule has 1 N–H and O–H groups in total. The minimum Gasteiger partial charge on any atom is -0.298 e. The monoisotopic (exact) mass is 305 g/mol. The van der Waals surface area contributed by atoms with Gasteiger partial charge >= 0.3 is 0 Å². The van der Waals surface area contributed by atoms with Crippen LogP contribution in [0.15, 0.2) is 33.6 Å². The van der Waals surface area contributed by atoms with Gasteiger partial charge in [-0.15, -0.1) is 0 Å². The molecule has 0 saturated carbocycles. The minimum absolute atomic E-state index is 0.142. The second-order valence-corrected chi connectivity index (χ2v) is 6.04. The second kappa shape index (κ2) is 5.07. The highest BCUT2D eigenvalue weighted by atomic mass is 79.9. The molecule has 1 rings (SSSR count). The summed E-state index contributed by atoms with van der Waals surface area (Å²) in [5, 5.41) is 0. The van der Waals surface area contributed by atoms with Gasteiger partial charge in [0.15, 0.2) is 0 Å². The van der Waals surface area contributed by atoms with E-state index in [-0.39, 0.29) is 10.7 Å². The fraction of sp³-hybridized carbons (Fsp3) is 0.300.